The van der Waals surface area contributed by atoms with Crippen molar-refractivity contribution in [3.63, 3.8) is 0 Å². The maximum Gasteiger partial charge on any atom is 0.466 e. The minimum Gasteiger partial charge on any atom is -0.303 e. The van der Waals surface area contributed by atoms with E-state index in [1.165, 1.54) is 0 Å². The third kappa shape index (κ3) is 3710. The second-order valence-corrected chi connectivity index (χ2v) is 7.70. The summed E-state index contributed by atoms with van der Waals surface area (Å²) in [5.41, 5.74) is 0. The highest BCUT2D eigenvalue weighted by molar-refractivity contribution is 7.46. The molecule has 0 spiro atoms. The van der Waals surface area contributed by atoms with E-state index >= 15 is 0 Å². The molecule has 0 aromatic heterocycles. The second-order valence-electron chi connectivity index (χ2n) is 2.57. The largest absolute Gasteiger partial charge is 0.466 e. The van der Waals surface area contributed by atoms with Crippen LogP contribution in [0.3, 0.4) is 0 Å². The highest BCUT2D eigenvalue weighted by Gasteiger charge is 2.01. The molecule has 0 saturated carbocycles. The van der Waals surface area contributed by atoms with Crippen molar-refractivity contribution in [3.05, 3.63) is 0 Å². The predicted octanol–water partition coefficient (Wildman–Crippen LogP) is -0.337. The summed E-state index contributed by atoms with van der Waals surface area (Å²) in [4.78, 5) is 108. The third-order valence-corrected chi connectivity index (χ3v) is 0. The molecule has 0 aliphatic carbocycles. The maximum absolute atomic E-state index is 8.88. The predicted molar refractivity (Wildman–Crippen MR) is 106 cm³/mol. The second kappa shape index (κ2) is 27.9. The van der Waals surface area contributed by atoms with Gasteiger partial charge in [0.15, 0.2) is 0 Å². The Morgan fingerprint density at radius 3 is 0.233 bits per heavy atom. The van der Waals surface area contributed by atoms with Crippen LogP contribution < -0.4 is 0 Å². The van der Waals surface area contributed by atoms with E-state index in [1.54, 1.807) is 0 Å². The van der Waals surface area contributed by atoms with E-state index in [0.29, 0.717) is 0 Å². The molecule has 0 aromatic carbocycles. The summed E-state index contributed by atoms with van der Waals surface area (Å²) in [6, 6.07) is 0. The van der Waals surface area contributed by atoms with E-state index in [2.05, 4.69) is 0 Å². The van der Waals surface area contributed by atoms with Gasteiger partial charge >= 0.3 is 39.1 Å². The molecule has 0 saturated heterocycles. The van der Waals surface area contributed by atoms with E-state index in [-0.39, 0.29) is 49.5 Å². The molecule has 0 aliphatic heterocycles. The summed E-state index contributed by atoms with van der Waals surface area (Å²) in [5, 5.41) is 0. The molecule has 0 bridgehead atoms. The van der Waals surface area contributed by atoms with Crippen LogP contribution in [0.25, 0.3) is 0 Å². The molecular formula is H15O20P10. The van der Waals surface area contributed by atoms with Crippen LogP contribution in [0.15, 0.2) is 0 Å². The number of hydrogen-bond acceptors (Lipinski definition) is 5. The lowest BCUT2D eigenvalue weighted by Crippen LogP contribution is -1.66. The molecule has 0 atom stereocenters. The summed E-state index contributed by atoms with van der Waals surface area (Å²) in [6.07, 6.45) is 0. The maximum atomic E-state index is 8.88. The van der Waals surface area contributed by atoms with Crippen molar-refractivity contribution in [2.75, 3.05) is 0 Å². The smallest absolute Gasteiger partial charge is 0.303 e. The molecular weight excluding hydrogens is 630 g/mol. The Balaban J connectivity index is -0.0000000200. The lowest BCUT2D eigenvalue weighted by molar-refractivity contribution is 0.272. The molecule has 0 unspecified atom stereocenters. The third-order valence-electron chi connectivity index (χ3n) is 0. The van der Waals surface area contributed by atoms with E-state index in [9.17, 15) is 0 Å². The van der Waals surface area contributed by atoms with Gasteiger partial charge in [-0.25, -0.2) is 22.8 Å². The molecule has 15 N–H and O–H groups in total. The van der Waals surface area contributed by atoms with E-state index in [0.717, 1.165) is 0 Å². The zero-order valence-electron chi connectivity index (χ0n) is 13.2. The van der Waals surface area contributed by atoms with Crippen LogP contribution in [0.5, 0.6) is 0 Å². The van der Waals surface area contributed by atoms with Crippen LogP contribution in [0.1, 0.15) is 0 Å². The fraction of sp³-hybridized carbons (Fsp3) is 0. The van der Waals surface area contributed by atoms with Crippen molar-refractivity contribution in [3.8, 4) is 0 Å². The van der Waals surface area contributed by atoms with Gasteiger partial charge in [0, 0.05) is 49.5 Å². The molecule has 20 nitrogen and oxygen atoms in total. The normalized spacial score (nSPS) is 9.83. The van der Waals surface area contributed by atoms with Crippen LogP contribution in [0.2, 0.25) is 0 Å². The van der Waals surface area contributed by atoms with Crippen molar-refractivity contribution in [2.45, 2.75) is 0 Å². The molecule has 0 aromatic rings. The average molecular weight is 645 g/mol. The van der Waals surface area contributed by atoms with Gasteiger partial charge in [0.25, 0.3) is 0 Å². The summed E-state index contributed by atoms with van der Waals surface area (Å²) in [5.74, 6) is 0. The van der Waals surface area contributed by atoms with Crippen molar-refractivity contribution < 1.29 is 96.2 Å². The number of hydrogen-bond donors (Lipinski definition) is 15. The van der Waals surface area contributed by atoms with E-state index in [1.807, 2.05) is 0 Å². The quantitative estimate of drug-likeness (QED) is 0.150. The van der Waals surface area contributed by atoms with Gasteiger partial charge in [0.05, 0.1) is 0 Å². The van der Waals surface area contributed by atoms with Crippen LogP contribution in [-0.2, 0) is 22.8 Å². The molecule has 30 heavy (non-hydrogen) atoms. The van der Waals surface area contributed by atoms with Crippen LogP contribution in [0.4, 0.5) is 0 Å². The molecule has 185 valence electrons. The Morgan fingerprint density at radius 2 is 0.233 bits per heavy atom. The lowest BCUT2D eigenvalue weighted by atomic mass is 15.8. The standard InChI is InChI=1S/5H3O4P.5P/c5*1-5(2,3)4;;;;;/h5*(H3,1,2,3,4);;;;;. The number of phosphoric acid groups is 5. The minimum atomic E-state index is -4.64. The van der Waals surface area contributed by atoms with Crippen molar-refractivity contribution in [1.29, 1.82) is 0 Å². The molecule has 0 rings (SSSR count). The first-order chi connectivity index (χ1) is 10.0. The molecule has 30 heteroatoms. The van der Waals surface area contributed by atoms with Crippen molar-refractivity contribution in [2.24, 2.45) is 0 Å². The summed E-state index contributed by atoms with van der Waals surface area (Å²) < 4.78 is 44.4. The first-order valence-electron chi connectivity index (χ1n) is 3.91. The molecule has 0 aliphatic rings. The zero-order valence-corrected chi connectivity index (χ0v) is 22.2. The Bertz CT molecular complexity index is 375. The zero-order chi connectivity index (χ0) is 22.5. The van der Waals surface area contributed by atoms with Gasteiger partial charge in [-0.2, -0.15) is 0 Å². The Kier molecular flexibility index (Phi) is 59.4. The van der Waals surface area contributed by atoms with Crippen LogP contribution >= 0.6 is 88.6 Å². The summed E-state index contributed by atoms with van der Waals surface area (Å²) in [7, 11) is -23.2. The first kappa shape index (κ1) is 63.8. The molecule has 0 amide bonds. The lowest BCUT2D eigenvalue weighted by Gasteiger charge is -1.82. The van der Waals surface area contributed by atoms with Gasteiger partial charge in [-0.15, -0.1) is 0 Å². The van der Waals surface area contributed by atoms with Gasteiger partial charge in [0.2, 0.25) is 0 Å². The monoisotopic (exact) mass is 645 g/mol. The van der Waals surface area contributed by atoms with Gasteiger partial charge in [-0.1, -0.05) is 0 Å². The fourth-order valence-corrected chi connectivity index (χ4v) is 0. The Hall–Kier alpha value is 2.70. The topological polar surface area (TPSA) is 389 Å². The number of rotatable bonds is 0. The van der Waals surface area contributed by atoms with Crippen molar-refractivity contribution in [1.82, 2.24) is 0 Å². The Morgan fingerprint density at radius 1 is 0.233 bits per heavy atom. The molecule has 15 radical (unpaired) electrons. The van der Waals surface area contributed by atoms with Gasteiger partial charge in [-0.3, -0.25) is 0 Å². The fourth-order valence-electron chi connectivity index (χ4n) is 0. The van der Waals surface area contributed by atoms with Crippen LogP contribution in [-0.4, -0.2) is 73.4 Å². The summed E-state index contributed by atoms with van der Waals surface area (Å²) >= 11 is 0. The van der Waals surface area contributed by atoms with Crippen LogP contribution in [0, 0.1) is 0 Å². The molecule has 0 heterocycles. The van der Waals surface area contributed by atoms with E-state index in [4.69, 9.17) is 96.2 Å². The van der Waals surface area contributed by atoms with E-state index < -0.39 is 39.1 Å². The summed E-state index contributed by atoms with van der Waals surface area (Å²) in [6.45, 7) is 0. The highest BCUT2D eigenvalue weighted by Crippen LogP contribution is 2.27. The Labute approximate surface area is 185 Å². The van der Waals surface area contributed by atoms with Gasteiger partial charge in [-0.05, 0) is 0 Å². The molecule has 0 fully saturated rings. The average Bonchev–Trinajstić information content (AvgIpc) is 1.79. The van der Waals surface area contributed by atoms with Gasteiger partial charge in [0.1, 0.15) is 0 Å². The minimum absolute atomic E-state index is 0. The van der Waals surface area contributed by atoms with Gasteiger partial charge < -0.3 is 73.4 Å². The highest BCUT2D eigenvalue weighted by atomic mass is 31.2. The first-order valence-corrected chi connectivity index (χ1v) is 11.7. The SMILES string of the molecule is O=P(O)(O)O.O=P(O)(O)O.O=P(O)(O)O.O=P(O)(O)O.O=P(O)(O)O.[P].[P].[P].[P].[P]. The van der Waals surface area contributed by atoms with Crippen molar-refractivity contribution >= 4 is 88.6 Å².